The largest absolute Gasteiger partial charge is 0.483 e. The molecule has 2 rings (SSSR count). The van der Waals surface area contributed by atoms with Gasteiger partial charge in [0.05, 0.1) is 6.26 Å². The lowest BCUT2D eigenvalue weighted by Crippen LogP contribution is -2.24. The van der Waals surface area contributed by atoms with Crippen LogP contribution in [0.25, 0.3) is 0 Å². The van der Waals surface area contributed by atoms with Gasteiger partial charge in [-0.05, 0) is 62.4 Å². The van der Waals surface area contributed by atoms with Gasteiger partial charge in [-0.25, -0.2) is 8.42 Å². The molecule has 0 spiro atoms. The monoisotopic (exact) mass is 361 g/mol. The highest BCUT2D eigenvalue weighted by Crippen LogP contribution is 2.17. The lowest BCUT2D eigenvalue weighted by molar-refractivity contribution is 0.0817. The summed E-state index contributed by atoms with van der Waals surface area (Å²) < 4.78 is 30.3. The summed E-state index contributed by atoms with van der Waals surface area (Å²) in [4.78, 5) is 23.7. The maximum atomic E-state index is 12.4. The molecule has 0 amide bonds. The molecule has 0 radical (unpaired) electrons. The van der Waals surface area contributed by atoms with Crippen LogP contribution in [0.15, 0.2) is 48.5 Å². The fourth-order valence-electron chi connectivity index (χ4n) is 2.18. The summed E-state index contributed by atoms with van der Waals surface area (Å²) in [6.07, 6.45) is 0.330. The van der Waals surface area contributed by atoms with Crippen molar-refractivity contribution < 1.29 is 22.7 Å². The Morgan fingerprint density at radius 3 is 1.96 bits per heavy atom. The Labute approximate surface area is 146 Å². The maximum Gasteiger partial charge on any atom is 0.229 e. The first-order chi connectivity index (χ1) is 11.7. The first kappa shape index (κ1) is 18.7. The van der Waals surface area contributed by atoms with Crippen LogP contribution in [0.4, 0.5) is 5.69 Å². The highest BCUT2D eigenvalue weighted by Gasteiger charge is 2.17. The molecular formula is C18H19NO5S. The Balaban J connectivity index is 2.05. The number of ketones is 2. The minimum absolute atomic E-state index is 0.0431. The molecule has 0 bridgehead atoms. The standard InChI is InChI=1S/C18H19NO5S/c1-12(20)14-6-10-17(11-7-14)24-13(2)18(21)15-4-8-16(9-5-15)19-25(3,22)23/h4-11,13,19H,1-3H3/t13-/m1/s1. The average molecular weight is 361 g/mol. The van der Waals surface area contributed by atoms with E-state index >= 15 is 0 Å². The van der Waals surface area contributed by atoms with Gasteiger partial charge in [0.25, 0.3) is 0 Å². The SMILES string of the molecule is CC(=O)c1ccc(O[C@H](C)C(=O)c2ccc(NS(C)(=O)=O)cc2)cc1. The Hall–Kier alpha value is -2.67. The van der Waals surface area contributed by atoms with E-state index in [1.54, 1.807) is 31.2 Å². The zero-order valence-corrected chi connectivity index (χ0v) is 15.0. The molecule has 0 fully saturated rings. The third-order valence-electron chi connectivity index (χ3n) is 3.42. The Kier molecular flexibility index (Phi) is 5.58. The van der Waals surface area contributed by atoms with Crippen LogP contribution in [-0.2, 0) is 10.0 Å². The number of benzene rings is 2. The van der Waals surface area contributed by atoms with Crippen LogP contribution in [0.5, 0.6) is 5.75 Å². The summed E-state index contributed by atoms with van der Waals surface area (Å²) in [7, 11) is -3.36. The van der Waals surface area contributed by atoms with Crippen molar-refractivity contribution in [2.24, 2.45) is 0 Å². The molecule has 1 atom stereocenters. The Morgan fingerprint density at radius 1 is 0.960 bits per heavy atom. The van der Waals surface area contributed by atoms with Gasteiger partial charge in [0.2, 0.25) is 15.8 Å². The van der Waals surface area contributed by atoms with E-state index in [4.69, 9.17) is 4.74 Å². The van der Waals surface area contributed by atoms with Gasteiger partial charge >= 0.3 is 0 Å². The number of rotatable bonds is 7. The number of ether oxygens (including phenoxy) is 1. The van der Waals surface area contributed by atoms with Crippen LogP contribution < -0.4 is 9.46 Å². The molecule has 0 aliphatic carbocycles. The van der Waals surface area contributed by atoms with E-state index in [1.807, 2.05) is 0 Å². The first-order valence-corrected chi connectivity index (χ1v) is 9.44. The highest BCUT2D eigenvalue weighted by molar-refractivity contribution is 7.92. The molecule has 0 aromatic heterocycles. The molecule has 0 unspecified atom stereocenters. The number of hydrogen-bond acceptors (Lipinski definition) is 5. The van der Waals surface area contributed by atoms with E-state index in [2.05, 4.69) is 4.72 Å². The Bertz CT molecular complexity index is 871. The molecule has 132 valence electrons. The molecule has 0 heterocycles. The van der Waals surface area contributed by atoms with Crippen molar-refractivity contribution in [1.29, 1.82) is 0 Å². The lowest BCUT2D eigenvalue weighted by atomic mass is 10.1. The molecule has 0 aliphatic heterocycles. The minimum atomic E-state index is -3.36. The summed E-state index contributed by atoms with van der Waals surface area (Å²) >= 11 is 0. The van der Waals surface area contributed by atoms with Gasteiger partial charge in [0.15, 0.2) is 11.9 Å². The van der Waals surface area contributed by atoms with Gasteiger partial charge in [0.1, 0.15) is 5.75 Å². The number of hydrogen-bond donors (Lipinski definition) is 1. The van der Waals surface area contributed by atoms with Crippen molar-refractivity contribution in [2.75, 3.05) is 11.0 Å². The van der Waals surface area contributed by atoms with Gasteiger partial charge in [-0.3, -0.25) is 14.3 Å². The summed E-state index contributed by atoms with van der Waals surface area (Å²) in [5, 5.41) is 0. The van der Waals surface area contributed by atoms with E-state index in [9.17, 15) is 18.0 Å². The summed E-state index contributed by atoms with van der Waals surface area (Å²) in [6, 6.07) is 12.7. The van der Waals surface area contributed by atoms with E-state index in [-0.39, 0.29) is 11.6 Å². The molecule has 1 N–H and O–H groups in total. The molecular weight excluding hydrogens is 342 g/mol. The molecule has 0 aliphatic rings. The molecule has 0 saturated carbocycles. The third kappa shape index (κ3) is 5.42. The van der Waals surface area contributed by atoms with Gasteiger partial charge in [0, 0.05) is 16.8 Å². The van der Waals surface area contributed by atoms with E-state index in [0.29, 0.717) is 22.6 Å². The Morgan fingerprint density at radius 2 is 1.48 bits per heavy atom. The van der Waals surface area contributed by atoms with Crippen molar-refractivity contribution >= 4 is 27.3 Å². The minimum Gasteiger partial charge on any atom is -0.483 e. The highest BCUT2D eigenvalue weighted by atomic mass is 32.2. The number of sulfonamides is 1. The quantitative estimate of drug-likeness (QED) is 0.766. The smallest absolute Gasteiger partial charge is 0.229 e. The topological polar surface area (TPSA) is 89.5 Å². The van der Waals surface area contributed by atoms with Gasteiger partial charge < -0.3 is 4.74 Å². The van der Waals surface area contributed by atoms with Crippen LogP contribution in [0.1, 0.15) is 34.6 Å². The van der Waals surface area contributed by atoms with Crippen LogP contribution in [0, 0.1) is 0 Å². The average Bonchev–Trinajstić information content (AvgIpc) is 2.54. The number of nitrogens with one attached hydrogen (secondary N) is 1. The predicted molar refractivity (Wildman–Crippen MR) is 95.8 cm³/mol. The van der Waals surface area contributed by atoms with Crippen LogP contribution in [-0.4, -0.2) is 32.3 Å². The van der Waals surface area contributed by atoms with Crippen molar-refractivity contribution in [1.82, 2.24) is 0 Å². The summed E-state index contributed by atoms with van der Waals surface area (Å²) in [5.74, 6) is 0.209. The number of carbonyl (C=O) groups excluding carboxylic acids is 2. The zero-order chi connectivity index (χ0) is 18.6. The first-order valence-electron chi connectivity index (χ1n) is 7.55. The number of carbonyl (C=O) groups is 2. The molecule has 6 nitrogen and oxygen atoms in total. The van der Waals surface area contributed by atoms with E-state index < -0.39 is 16.1 Å². The molecule has 2 aromatic carbocycles. The van der Waals surface area contributed by atoms with Crippen molar-refractivity contribution in [3.63, 3.8) is 0 Å². The van der Waals surface area contributed by atoms with Crippen LogP contribution in [0.2, 0.25) is 0 Å². The number of anilines is 1. The second-order valence-corrected chi connectivity index (χ2v) is 7.40. The van der Waals surface area contributed by atoms with Gasteiger partial charge in [-0.15, -0.1) is 0 Å². The summed E-state index contributed by atoms with van der Waals surface area (Å²) in [5.41, 5.74) is 1.36. The maximum absolute atomic E-state index is 12.4. The second kappa shape index (κ2) is 7.48. The predicted octanol–water partition coefficient (Wildman–Crippen LogP) is 2.91. The van der Waals surface area contributed by atoms with Crippen molar-refractivity contribution in [3.8, 4) is 5.75 Å². The normalized spacial score (nSPS) is 12.3. The van der Waals surface area contributed by atoms with Gasteiger partial charge in [-0.2, -0.15) is 0 Å². The molecule has 25 heavy (non-hydrogen) atoms. The molecule has 2 aromatic rings. The third-order valence-corrected chi connectivity index (χ3v) is 4.02. The zero-order valence-electron chi connectivity index (χ0n) is 14.1. The van der Waals surface area contributed by atoms with Crippen molar-refractivity contribution in [3.05, 3.63) is 59.7 Å². The number of Topliss-reactive ketones (excluding diaryl/α,β-unsaturated/α-hetero) is 2. The lowest BCUT2D eigenvalue weighted by Gasteiger charge is -2.14. The fourth-order valence-corrected chi connectivity index (χ4v) is 2.74. The molecule has 0 saturated heterocycles. The van der Waals surface area contributed by atoms with Crippen LogP contribution in [0.3, 0.4) is 0 Å². The second-order valence-electron chi connectivity index (χ2n) is 5.66. The van der Waals surface area contributed by atoms with Gasteiger partial charge in [-0.1, -0.05) is 0 Å². The fraction of sp³-hybridized carbons (Fsp3) is 0.222. The van der Waals surface area contributed by atoms with Crippen LogP contribution >= 0.6 is 0 Å². The van der Waals surface area contributed by atoms with E-state index in [0.717, 1.165) is 6.26 Å². The van der Waals surface area contributed by atoms with E-state index in [1.165, 1.54) is 31.2 Å². The molecule has 7 heteroatoms. The van der Waals surface area contributed by atoms with Crippen molar-refractivity contribution in [2.45, 2.75) is 20.0 Å². The summed E-state index contributed by atoms with van der Waals surface area (Å²) in [6.45, 7) is 3.11.